The fourth-order valence-corrected chi connectivity index (χ4v) is 2.89. The fourth-order valence-electron chi connectivity index (χ4n) is 2.89. The maximum absolute atomic E-state index is 11.6. The minimum absolute atomic E-state index is 0.0103. The van der Waals surface area contributed by atoms with Gasteiger partial charge in [0.15, 0.2) is 0 Å². The lowest BCUT2D eigenvalue weighted by Gasteiger charge is -2.10. The summed E-state index contributed by atoms with van der Waals surface area (Å²) in [4.78, 5) is 24.4. The largest absolute Gasteiger partial charge is 0.465 e. The van der Waals surface area contributed by atoms with Crippen LogP contribution in [-0.2, 0) is 14.3 Å². The molecule has 0 aromatic carbocycles. The van der Waals surface area contributed by atoms with Crippen molar-refractivity contribution in [2.45, 2.75) is 103 Å². The summed E-state index contributed by atoms with van der Waals surface area (Å²) in [5.74, 6) is -0.192. The number of rotatable bonds is 18. The van der Waals surface area contributed by atoms with Gasteiger partial charge in [0.2, 0.25) is 5.91 Å². The van der Waals surface area contributed by atoms with E-state index in [4.69, 9.17) is 4.74 Å². The summed E-state index contributed by atoms with van der Waals surface area (Å²) in [7, 11) is 3.41. The van der Waals surface area contributed by atoms with Crippen LogP contribution >= 0.6 is 0 Å². The minimum Gasteiger partial charge on any atom is -0.465 e. The van der Waals surface area contributed by atoms with Gasteiger partial charge in [-0.05, 0) is 32.1 Å². The van der Waals surface area contributed by atoms with Crippen LogP contribution in [0.2, 0.25) is 0 Å². The van der Waals surface area contributed by atoms with E-state index in [1.54, 1.807) is 14.1 Å². The maximum atomic E-state index is 11.6. The van der Waals surface area contributed by atoms with Crippen LogP contribution in [0.15, 0.2) is 12.2 Å². The predicted molar refractivity (Wildman–Crippen MR) is 114 cm³/mol. The summed E-state index contributed by atoms with van der Waals surface area (Å²) in [6, 6.07) is 0. The molecule has 4 heteroatoms. The standard InChI is InChI=1S/C23H43NO3/c1-4-5-6-7-8-9-10-11-12-13-14-15-16-17-18-19-23(26)27-21-20-22(25)24(2)3/h11-12H,4-10,13-21H2,1-3H3/b12-11-. The SMILES string of the molecule is CCCCCCCC/C=C\CCCCCCCC(=O)OCCC(=O)N(C)C. The van der Waals surface area contributed by atoms with Gasteiger partial charge in [-0.15, -0.1) is 0 Å². The van der Waals surface area contributed by atoms with Gasteiger partial charge < -0.3 is 9.64 Å². The van der Waals surface area contributed by atoms with Crippen LogP contribution < -0.4 is 0 Å². The zero-order valence-corrected chi connectivity index (χ0v) is 18.1. The van der Waals surface area contributed by atoms with Crippen LogP contribution in [0.1, 0.15) is 103 Å². The van der Waals surface area contributed by atoms with Gasteiger partial charge in [-0.25, -0.2) is 0 Å². The molecule has 0 aromatic rings. The molecule has 0 aliphatic heterocycles. The lowest BCUT2D eigenvalue weighted by Crippen LogP contribution is -2.23. The third-order valence-electron chi connectivity index (χ3n) is 4.72. The number of unbranched alkanes of at least 4 members (excludes halogenated alkanes) is 11. The number of esters is 1. The molecule has 1 amide bonds. The molecule has 4 nitrogen and oxygen atoms in total. The number of hydrogen-bond acceptors (Lipinski definition) is 3. The lowest BCUT2D eigenvalue weighted by molar-refractivity contribution is -0.145. The number of hydrogen-bond donors (Lipinski definition) is 0. The van der Waals surface area contributed by atoms with Crippen LogP contribution in [0.25, 0.3) is 0 Å². The van der Waals surface area contributed by atoms with Crippen molar-refractivity contribution >= 4 is 11.9 Å². The van der Waals surface area contributed by atoms with Crippen molar-refractivity contribution in [1.29, 1.82) is 0 Å². The highest BCUT2D eigenvalue weighted by atomic mass is 16.5. The van der Waals surface area contributed by atoms with E-state index in [2.05, 4.69) is 19.1 Å². The second kappa shape index (κ2) is 19.4. The normalized spacial score (nSPS) is 11.1. The van der Waals surface area contributed by atoms with E-state index in [0.29, 0.717) is 6.42 Å². The molecule has 158 valence electrons. The van der Waals surface area contributed by atoms with Crippen molar-refractivity contribution in [3.8, 4) is 0 Å². The smallest absolute Gasteiger partial charge is 0.305 e. The topological polar surface area (TPSA) is 46.6 Å². The van der Waals surface area contributed by atoms with E-state index >= 15 is 0 Å². The van der Waals surface area contributed by atoms with Crippen molar-refractivity contribution in [3.63, 3.8) is 0 Å². The van der Waals surface area contributed by atoms with E-state index in [1.165, 1.54) is 75.5 Å². The molecular weight excluding hydrogens is 338 g/mol. The second-order valence-electron chi connectivity index (χ2n) is 7.59. The zero-order valence-electron chi connectivity index (χ0n) is 18.1. The number of nitrogens with zero attached hydrogens (tertiary/aromatic N) is 1. The van der Waals surface area contributed by atoms with E-state index in [9.17, 15) is 9.59 Å². The number of ether oxygens (including phenoxy) is 1. The molecule has 0 saturated carbocycles. The molecule has 0 rings (SSSR count). The molecule has 0 heterocycles. The Kier molecular flexibility index (Phi) is 18.5. The summed E-state index contributed by atoms with van der Waals surface area (Å²) >= 11 is 0. The summed E-state index contributed by atoms with van der Waals surface area (Å²) in [5, 5.41) is 0. The molecule has 0 saturated heterocycles. The number of carbonyl (C=O) groups excluding carboxylic acids is 2. The lowest BCUT2D eigenvalue weighted by atomic mass is 10.1. The molecular formula is C23H43NO3. The molecule has 0 fully saturated rings. The quantitative estimate of drug-likeness (QED) is 0.165. The van der Waals surface area contributed by atoms with Crippen molar-refractivity contribution in [3.05, 3.63) is 12.2 Å². The predicted octanol–water partition coefficient (Wildman–Crippen LogP) is 6.05. The maximum Gasteiger partial charge on any atom is 0.305 e. The van der Waals surface area contributed by atoms with E-state index in [0.717, 1.165) is 12.8 Å². The molecule has 0 aromatic heterocycles. The van der Waals surface area contributed by atoms with Crippen LogP contribution in [0.5, 0.6) is 0 Å². The van der Waals surface area contributed by atoms with E-state index in [1.807, 2.05) is 0 Å². The molecule has 0 radical (unpaired) electrons. The summed E-state index contributed by atoms with van der Waals surface area (Å²) in [5.41, 5.74) is 0. The monoisotopic (exact) mass is 381 g/mol. The summed E-state index contributed by atoms with van der Waals surface area (Å²) < 4.78 is 5.09. The molecule has 0 aliphatic carbocycles. The summed E-state index contributed by atoms with van der Waals surface area (Å²) in [6.07, 6.45) is 21.6. The fraction of sp³-hybridized carbons (Fsp3) is 0.826. The highest BCUT2D eigenvalue weighted by Crippen LogP contribution is 2.10. The first-order valence-electron chi connectivity index (χ1n) is 11.1. The van der Waals surface area contributed by atoms with E-state index < -0.39 is 0 Å². The molecule has 0 atom stereocenters. The van der Waals surface area contributed by atoms with Gasteiger partial charge in [0.05, 0.1) is 6.42 Å². The average molecular weight is 382 g/mol. The van der Waals surface area contributed by atoms with Crippen molar-refractivity contribution in [2.75, 3.05) is 20.7 Å². The Balaban J connectivity index is 3.29. The van der Waals surface area contributed by atoms with Gasteiger partial charge in [0.25, 0.3) is 0 Å². The van der Waals surface area contributed by atoms with Crippen molar-refractivity contribution in [2.24, 2.45) is 0 Å². The number of allylic oxidation sites excluding steroid dienone is 2. The molecule has 0 bridgehead atoms. The first kappa shape index (κ1) is 25.7. The number of carbonyl (C=O) groups is 2. The third kappa shape index (κ3) is 19.3. The first-order valence-corrected chi connectivity index (χ1v) is 11.1. The Hall–Kier alpha value is -1.32. The Morgan fingerprint density at radius 1 is 0.741 bits per heavy atom. The van der Waals surface area contributed by atoms with Crippen LogP contribution in [0.4, 0.5) is 0 Å². The molecule has 0 unspecified atom stereocenters. The Morgan fingerprint density at radius 2 is 1.26 bits per heavy atom. The van der Waals surface area contributed by atoms with Gasteiger partial charge in [-0.1, -0.05) is 70.4 Å². The van der Waals surface area contributed by atoms with Gasteiger partial charge in [0, 0.05) is 20.5 Å². The van der Waals surface area contributed by atoms with E-state index in [-0.39, 0.29) is 24.9 Å². The zero-order chi connectivity index (χ0) is 20.2. The average Bonchev–Trinajstić information content (AvgIpc) is 2.64. The minimum atomic E-state index is -0.181. The van der Waals surface area contributed by atoms with Crippen LogP contribution in [0.3, 0.4) is 0 Å². The van der Waals surface area contributed by atoms with Crippen LogP contribution in [-0.4, -0.2) is 37.5 Å². The molecule has 0 aliphatic rings. The van der Waals surface area contributed by atoms with Crippen LogP contribution in [0, 0.1) is 0 Å². The highest BCUT2D eigenvalue weighted by molar-refractivity contribution is 5.76. The molecule has 0 spiro atoms. The van der Waals surface area contributed by atoms with Gasteiger partial charge >= 0.3 is 5.97 Å². The van der Waals surface area contributed by atoms with Gasteiger partial charge in [0.1, 0.15) is 6.61 Å². The van der Waals surface area contributed by atoms with Gasteiger partial charge in [-0.2, -0.15) is 0 Å². The molecule has 0 N–H and O–H groups in total. The summed E-state index contributed by atoms with van der Waals surface area (Å²) in [6.45, 7) is 2.45. The van der Waals surface area contributed by atoms with Crippen molar-refractivity contribution < 1.29 is 14.3 Å². The molecule has 27 heavy (non-hydrogen) atoms. The van der Waals surface area contributed by atoms with Gasteiger partial charge in [-0.3, -0.25) is 9.59 Å². The second-order valence-corrected chi connectivity index (χ2v) is 7.59. The Morgan fingerprint density at radius 3 is 1.81 bits per heavy atom. The Labute approximate surface area is 167 Å². The highest BCUT2D eigenvalue weighted by Gasteiger charge is 2.06. The number of amides is 1. The third-order valence-corrected chi connectivity index (χ3v) is 4.72. The van der Waals surface area contributed by atoms with Crippen molar-refractivity contribution in [1.82, 2.24) is 4.90 Å². The first-order chi connectivity index (χ1) is 13.1. The Bertz CT molecular complexity index is 391.